The summed E-state index contributed by atoms with van der Waals surface area (Å²) in [7, 11) is 0. The van der Waals surface area contributed by atoms with Gasteiger partial charge in [-0.15, -0.1) is 0 Å². The van der Waals surface area contributed by atoms with Crippen LogP contribution in [0.2, 0.25) is 5.02 Å². The van der Waals surface area contributed by atoms with Crippen molar-refractivity contribution in [3.8, 4) is 22.8 Å². The normalized spacial score (nSPS) is 15.3. The number of fused-ring (bicyclic) bond motifs is 2. The van der Waals surface area contributed by atoms with E-state index < -0.39 is 0 Å². The van der Waals surface area contributed by atoms with Gasteiger partial charge in [-0.1, -0.05) is 29.8 Å². The molecule has 152 valence electrons. The Morgan fingerprint density at radius 1 is 1.10 bits per heavy atom. The Bertz CT molecular complexity index is 1120. The summed E-state index contributed by atoms with van der Waals surface area (Å²) >= 11 is 6.00. The lowest BCUT2D eigenvalue weighted by molar-refractivity contribution is -0.126. The Hall–Kier alpha value is -3.25. The quantitative estimate of drug-likeness (QED) is 0.646. The number of nitrogens with zero attached hydrogens (tertiary/aromatic N) is 2. The molecule has 2 aromatic carbocycles. The highest BCUT2D eigenvalue weighted by Crippen LogP contribution is 2.32. The summed E-state index contributed by atoms with van der Waals surface area (Å²) in [5.74, 6) is 1.42. The molecule has 5 rings (SSSR count). The fourth-order valence-electron chi connectivity index (χ4n) is 3.77. The van der Waals surface area contributed by atoms with Gasteiger partial charge in [-0.3, -0.25) is 9.89 Å². The molecule has 1 amide bonds. The number of hydrogen-bond acceptors (Lipinski definition) is 4. The minimum atomic E-state index is -0.0289. The Labute approximate surface area is 179 Å². The lowest BCUT2D eigenvalue weighted by Gasteiger charge is -2.26. The van der Waals surface area contributed by atoms with Crippen LogP contribution >= 0.6 is 11.6 Å². The van der Waals surface area contributed by atoms with E-state index in [0.717, 1.165) is 40.2 Å². The van der Waals surface area contributed by atoms with E-state index in [1.54, 1.807) is 6.08 Å². The Balaban J connectivity index is 1.32. The van der Waals surface area contributed by atoms with Crippen molar-refractivity contribution >= 4 is 23.6 Å². The summed E-state index contributed by atoms with van der Waals surface area (Å²) in [6.45, 7) is 2.27. The van der Waals surface area contributed by atoms with E-state index in [9.17, 15) is 4.79 Å². The van der Waals surface area contributed by atoms with Crippen molar-refractivity contribution in [2.24, 2.45) is 0 Å². The number of aromatic nitrogens is 2. The van der Waals surface area contributed by atoms with Crippen LogP contribution in [0.15, 0.2) is 48.5 Å². The van der Waals surface area contributed by atoms with Gasteiger partial charge in [0.1, 0.15) is 13.2 Å². The number of H-pyrrole nitrogens is 1. The van der Waals surface area contributed by atoms with Gasteiger partial charge in [-0.05, 0) is 35.9 Å². The number of carbonyl (C=O) groups excluding carboxylic acids is 1. The molecule has 3 heterocycles. The zero-order valence-electron chi connectivity index (χ0n) is 16.2. The minimum absolute atomic E-state index is 0.0289. The van der Waals surface area contributed by atoms with Gasteiger partial charge in [-0.25, -0.2) is 0 Å². The summed E-state index contributed by atoms with van der Waals surface area (Å²) in [6, 6.07) is 13.3. The van der Waals surface area contributed by atoms with Crippen molar-refractivity contribution in [1.29, 1.82) is 0 Å². The molecule has 0 saturated heterocycles. The largest absolute Gasteiger partial charge is 0.486 e. The van der Waals surface area contributed by atoms with Crippen LogP contribution < -0.4 is 9.47 Å². The lowest BCUT2D eigenvalue weighted by atomic mass is 10.0. The summed E-state index contributed by atoms with van der Waals surface area (Å²) in [5, 5.41) is 8.28. The first-order chi connectivity index (χ1) is 14.7. The van der Waals surface area contributed by atoms with Gasteiger partial charge < -0.3 is 14.4 Å². The van der Waals surface area contributed by atoms with Gasteiger partial charge in [0.15, 0.2) is 11.5 Å². The van der Waals surface area contributed by atoms with Crippen LogP contribution in [-0.4, -0.2) is 40.8 Å². The van der Waals surface area contributed by atoms with E-state index in [0.29, 0.717) is 37.1 Å². The van der Waals surface area contributed by atoms with Crippen LogP contribution in [0.5, 0.6) is 11.5 Å². The van der Waals surface area contributed by atoms with E-state index in [-0.39, 0.29) is 5.91 Å². The first kappa shape index (κ1) is 18.8. The van der Waals surface area contributed by atoms with Crippen LogP contribution in [0.25, 0.3) is 17.3 Å². The van der Waals surface area contributed by atoms with E-state index >= 15 is 0 Å². The van der Waals surface area contributed by atoms with Crippen molar-refractivity contribution in [3.05, 3.63) is 70.4 Å². The van der Waals surface area contributed by atoms with E-state index in [2.05, 4.69) is 10.2 Å². The molecule has 0 spiro atoms. The van der Waals surface area contributed by atoms with Crippen LogP contribution in [0, 0.1) is 0 Å². The molecule has 0 bridgehead atoms. The first-order valence-electron chi connectivity index (χ1n) is 9.86. The molecule has 0 fully saturated rings. The number of halogens is 1. The zero-order valence-corrected chi connectivity index (χ0v) is 17.0. The number of hydrogen-bond donors (Lipinski definition) is 1. The third-order valence-electron chi connectivity index (χ3n) is 5.35. The van der Waals surface area contributed by atoms with E-state index in [1.165, 1.54) is 0 Å². The molecular weight excluding hydrogens is 402 g/mol. The Kier molecular flexibility index (Phi) is 4.93. The standard InChI is InChI=1S/C23H20ClN3O3/c24-17-5-3-16(4-6-17)23-18-14-27(10-9-19(18)25-26-23)22(28)8-2-15-1-7-20-21(13-15)30-12-11-29-20/h1-8,13H,9-12,14H2,(H,25,26)/b8-2-. The number of rotatable bonds is 3. The second-order valence-corrected chi connectivity index (χ2v) is 7.72. The van der Waals surface area contributed by atoms with Gasteiger partial charge in [-0.2, -0.15) is 5.10 Å². The SMILES string of the molecule is O=C(/C=C\c1ccc2c(c1)OCCO2)N1CCc2[nH]nc(-c3ccc(Cl)cc3)c2C1. The lowest BCUT2D eigenvalue weighted by Crippen LogP contribution is -2.34. The van der Waals surface area contributed by atoms with Crippen molar-refractivity contribution in [1.82, 2.24) is 15.1 Å². The average molecular weight is 422 g/mol. The molecule has 3 aromatic rings. The minimum Gasteiger partial charge on any atom is -0.486 e. The Morgan fingerprint density at radius 3 is 2.73 bits per heavy atom. The first-order valence-corrected chi connectivity index (χ1v) is 10.2. The molecule has 1 aromatic heterocycles. The molecule has 0 radical (unpaired) electrons. The van der Waals surface area contributed by atoms with E-state index in [1.807, 2.05) is 53.4 Å². The van der Waals surface area contributed by atoms with E-state index in [4.69, 9.17) is 21.1 Å². The second-order valence-electron chi connectivity index (χ2n) is 7.28. The third kappa shape index (κ3) is 3.66. The number of carbonyl (C=O) groups is 1. The molecule has 2 aliphatic rings. The van der Waals surface area contributed by atoms with Crippen LogP contribution in [0.1, 0.15) is 16.8 Å². The van der Waals surface area contributed by atoms with Crippen molar-refractivity contribution in [2.45, 2.75) is 13.0 Å². The summed E-state index contributed by atoms with van der Waals surface area (Å²) in [5.41, 5.74) is 4.90. The monoisotopic (exact) mass is 421 g/mol. The summed E-state index contributed by atoms with van der Waals surface area (Å²) in [6.07, 6.45) is 4.17. The molecule has 1 N–H and O–H groups in total. The molecule has 2 aliphatic heterocycles. The molecule has 0 saturated carbocycles. The number of aromatic amines is 1. The number of amides is 1. The Morgan fingerprint density at radius 2 is 1.90 bits per heavy atom. The number of ether oxygens (including phenoxy) is 2. The highest BCUT2D eigenvalue weighted by molar-refractivity contribution is 6.30. The highest BCUT2D eigenvalue weighted by Gasteiger charge is 2.24. The van der Waals surface area contributed by atoms with Gasteiger partial charge >= 0.3 is 0 Å². The molecular formula is C23H20ClN3O3. The molecule has 0 atom stereocenters. The fourth-order valence-corrected chi connectivity index (χ4v) is 3.89. The molecule has 0 unspecified atom stereocenters. The maximum atomic E-state index is 12.8. The molecule has 0 aliphatic carbocycles. The van der Waals surface area contributed by atoms with Crippen molar-refractivity contribution in [2.75, 3.05) is 19.8 Å². The fraction of sp³-hybridized carbons (Fsp3) is 0.217. The second kappa shape index (κ2) is 7.88. The topological polar surface area (TPSA) is 67.5 Å². The molecule has 6 nitrogen and oxygen atoms in total. The third-order valence-corrected chi connectivity index (χ3v) is 5.60. The molecule has 30 heavy (non-hydrogen) atoms. The van der Waals surface area contributed by atoms with Crippen LogP contribution in [0.3, 0.4) is 0 Å². The number of nitrogens with one attached hydrogen (secondary N) is 1. The summed E-state index contributed by atoms with van der Waals surface area (Å²) in [4.78, 5) is 14.7. The zero-order chi connectivity index (χ0) is 20.5. The van der Waals surface area contributed by atoms with Gasteiger partial charge in [0, 0.05) is 47.4 Å². The highest BCUT2D eigenvalue weighted by atomic mass is 35.5. The smallest absolute Gasteiger partial charge is 0.246 e. The predicted octanol–water partition coefficient (Wildman–Crippen LogP) is 4.10. The van der Waals surface area contributed by atoms with Gasteiger partial charge in [0.2, 0.25) is 5.91 Å². The predicted molar refractivity (Wildman–Crippen MR) is 115 cm³/mol. The average Bonchev–Trinajstić information content (AvgIpc) is 3.21. The molecule has 7 heteroatoms. The number of benzene rings is 2. The summed E-state index contributed by atoms with van der Waals surface area (Å²) < 4.78 is 11.1. The van der Waals surface area contributed by atoms with Crippen molar-refractivity contribution in [3.63, 3.8) is 0 Å². The van der Waals surface area contributed by atoms with Gasteiger partial charge in [0.25, 0.3) is 0 Å². The van der Waals surface area contributed by atoms with Crippen LogP contribution in [-0.2, 0) is 17.8 Å². The van der Waals surface area contributed by atoms with Gasteiger partial charge in [0.05, 0.1) is 5.69 Å². The van der Waals surface area contributed by atoms with Crippen LogP contribution in [0.4, 0.5) is 0 Å². The maximum absolute atomic E-state index is 12.8. The maximum Gasteiger partial charge on any atom is 0.246 e. The van der Waals surface area contributed by atoms with Crippen molar-refractivity contribution < 1.29 is 14.3 Å².